The average molecular weight is 513 g/mol. The monoisotopic (exact) mass is 512 g/mol. The number of carbonyl (C=O) groups is 1. The predicted molar refractivity (Wildman–Crippen MR) is 127 cm³/mol. The van der Waals surface area contributed by atoms with Crippen molar-refractivity contribution in [1.29, 1.82) is 5.41 Å². The summed E-state index contributed by atoms with van der Waals surface area (Å²) in [6, 6.07) is 13.0. The van der Waals surface area contributed by atoms with Crippen LogP contribution in [0.3, 0.4) is 0 Å². The average Bonchev–Trinajstić information content (AvgIpc) is 2.74. The van der Waals surface area contributed by atoms with Gasteiger partial charge in [-0.3, -0.25) is 4.79 Å². The van der Waals surface area contributed by atoms with Crippen LogP contribution in [-0.2, 0) is 21.1 Å². The zero-order chi connectivity index (χ0) is 25.5. The SMILES string of the molecule is CC(NC(=O)/C=C/C=C(\C=N)C(F)(F)F)C(Cc1ccc(Cl)cc1)c1cccc(S(C)(=O)=O)c1. The highest BCUT2D eigenvalue weighted by Gasteiger charge is 2.31. The smallest absolute Gasteiger partial charge is 0.349 e. The molecule has 2 aromatic rings. The molecule has 1 amide bonds. The molecule has 2 unspecified atom stereocenters. The Labute approximate surface area is 201 Å². The van der Waals surface area contributed by atoms with E-state index in [2.05, 4.69) is 5.32 Å². The Balaban J connectivity index is 2.30. The Bertz CT molecular complexity index is 1190. The van der Waals surface area contributed by atoms with Gasteiger partial charge in [0.2, 0.25) is 5.91 Å². The first-order valence-corrected chi connectivity index (χ1v) is 12.4. The number of hydrogen-bond acceptors (Lipinski definition) is 4. The number of benzene rings is 2. The fraction of sp³-hybridized carbons (Fsp3) is 0.250. The minimum Gasteiger partial charge on any atom is -0.349 e. The summed E-state index contributed by atoms with van der Waals surface area (Å²) in [5.41, 5.74) is 0.389. The van der Waals surface area contributed by atoms with Crippen LogP contribution in [-0.4, -0.2) is 39.0 Å². The first-order valence-electron chi connectivity index (χ1n) is 10.1. The van der Waals surface area contributed by atoms with Gasteiger partial charge in [-0.15, -0.1) is 0 Å². The molecule has 10 heteroatoms. The maximum Gasteiger partial charge on any atom is 0.417 e. The molecule has 2 aromatic carbocycles. The molecule has 182 valence electrons. The summed E-state index contributed by atoms with van der Waals surface area (Å²) < 4.78 is 62.1. The third-order valence-electron chi connectivity index (χ3n) is 5.06. The van der Waals surface area contributed by atoms with E-state index in [9.17, 15) is 26.4 Å². The predicted octanol–water partition coefficient (Wildman–Crippen LogP) is 5.27. The number of allylic oxidation sites excluding steroid dienone is 3. The van der Waals surface area contributed by atoms with Gasteiger partial charge in [0.25, 0.3) is 0 Å². The lowest BCUT2D eigenvalue weighted by Gasteiger charge is -2.26. The third-order valence-corrected chi connectivity index (χ3v) is 6.43. The fourth-order valence-corrected chi connectivity index (χ4v) is 4.07. The number of carbonyl (C=O) groups excluding carboxylic acids is 1. The summed E-state index contributed by atoms with van der Waals surface area (Å²) in [5, 5.41) is 10.1. The van der Waals surface area contributed by atoms with Crippen LogP contribution in [0.1, 0.15) is 24.0 Å². The van der Waals surface area contributed by atoms with Crippen molar-refractivity contribution in [1.82, 2.24) is 5.32 Å². The van der Waals surface area contributed by atoms with E-state index in [0.29, 0.717) is 23.1 Å². The molecule has 0 saturated carbocycles. The molecule has 2 atom stereocenters. The first-order chi connectivity index (χ1) is 15.8. The van der Waals surface area contributed by atoms with Crippen LogP contribution in [0.15, 0.2) is 77.2 Å². The van der Waals surface area contributed by atoms with E-state index in [1.165, 1.54) is 6.07 Å². The van der Waals surface area contributed by atoms with Gasteiger partial charge in [-0.05, 0) is 54.8 Å². The molecule has 0 fully saturated rings. The Hall–Kier alpha value is -2.91. The van der Waals surface area contributed by atoms with E-state index in [1.807, 2.05) is 12.1 Å². The highest BCUT2D eigenvalue weighted by atomic mass is 35.5. The van der Waals surface area contributed by atoms with Gasteiger partial charge < -0.3 is 10.7 Å². The number of alkyl halides is 3. The van der Waals surface area contributed by atoms with Gasteiger partial charge >= 0.3 is 6.18 Å². The molecule has 0 bridgehead atoms. The number of nitrogens with one attached hydrogen (secondary N) is 2. The van der Waals surface area contributed by atoms with Crippen molar-refractivity contribution in [3.63, 3.8) is 0 Å². The second kappa shape index (κ2) is 11.5. The summed E-state index contributed by atoms with van der Waals surface area (Å²) >= 11 is 5.96. The fourth-order valence-electron chi connectivity index (χ4n) is 3.27. The Kier molecular flexibility index (Phi) is 9.23. The number of sulfone groups is 1. The van der Waals surface area contributed by atoms with Crippen LogP contribution in [0.4, 0.5) is 13.2 Å². The van der Waals surface area contributed by atoms with Crippen molar-refractivity contribution in [2.45, 2.75) is 36.4 Å². The van der Waals surface area contributed by atoms with Gasteiger partial charge in [-0.2, -0.15) is 13.2 Å². The maximum atomic E-state index is 12.7. The van der Waals surface area contributed by atoms with Crippen LogP contribution in [0, 0.1) is 5.41 Å². The largest absolute Gasteiger partial charge is 0.417 e. The zero-order valence-electron chi connectivity index (χ0n) is 18.4. The molecule has 5 nitrogen and oxygen atoms in total. The minimum absolute atomic E-state index is 0.140. The van der Waals surface area contributed by atoms with E-state index in [0.717, 1.165) is 24.0 Å². The molecular weight excluding hydrogens is 489 g/mol. The molecule has 0 aliphatic carbocycles. The Morgan fingerprint density at radius 1 is 1.18 bits per heavy atom. The van der Waals surface area contributed by atoms with Gasteiger partial charge in [-0.25, -0.2) is 8.42 Å². The molecule has 0 saturated heterocycles. The zero-order valence-corrected chi connectivity index (χ0v) is 20.0. The number of amides is 1. The van der Waals surface area contributed by atoms with Crippen LogP contribution in [0.5, 0.6) is 0 Å². The van der Waals surface area contributed by atoms with Gasteiger partial charge in [0, 0.05) is 35.5 Å². The van der Waals surface area contributed by atoms with Crippen LogP contribution in [0.2, 0.25) is 5.02 Å². The minimum atomic E-state index is -4.69. The van der Waals surface area contributed by atoms with Crippen molar-refractivity contribution in [3.05, 3.63) is 88.5 Å². The van der Waals surface area contributed by atoms with Crippen LogP contribution >= 0.6 is 11.6 Å². The lowest BCUT2D eigenvalue weighted by molar-refractivity contribution is -0.117. The quantitative estimate of drug-likeness (QED) is 0.272. The molecule has 34 heavy (non-hydrogen) atoms. The lowest BCUT2D eigenvalue weighted by atomic mass is 9.86. The van der Waals surface area contributed by atoms with Crippen molar-refractivity contribution in [3.8, 4) is 0 Å². The number of rotatable bonds is 9. The molecule has 0 radical (unpaired) electrons. The second-order valence-electron chi connectivity index (χ2n) is 7.70. The topological polar surface area (TPSA) is 87.1 Å². The van der Waals surface area contributed by atoms with Crippen molar-refractivity contribution >= 4 is 33.6 Å². The van der Waals surface area contributed by atoms with Crippen molar-refractivity contribution in [2.75, 3.05) is 6.26 Å². The molecule has 0 spiro atoms. The maximum absolute atomic E-state index is 12.7. The molecule has 2 N–H and O–H groups in total. The van der Waals surface area contributed by atoms with Crippen LogP contribution < -0.4 is 5.32 Å². The summed E-state index contributed by atoms with van der Waals surface area (Å²) in [6.07, 6.45) is -0.467. The molecule has 0 aromatic heterocycles. The van der Waals surface area contributed by atoms with Gasteiger partial charge in [-0.1, -0.05) is 41.9 Å². The molecular formula is C24H24ClF3N2O3S. The Morgan fingerprint density at radius 2 is 1.82 bits per heavy atom. The normalized spacial score (nSPS) is 14.6. The summed E-state index contributed by atoms with van der Waals surface area (Å²) in [6.45, 7) is 1.73. The van der Waals surface area contributed by atoms with E-state index in [4.69, 9.17) is 17.0 Å². The van der Waals surface area contributed by atoms with Gasteiger partial charge in [0.1, 0.15) is 0 Å². The molecule has 2 rings (SSSR count). The summed E-state index contributed by atoms with van der Waals surface area (Å²) in [4.78, 5) is 12.5. The number of hydrogen-bond donors (Lipinski definition) is 2. The molecule has 0 heterocycles. The highest BCUT2D eigenvalue weighted by Crippen LogP contribution is 2.28. The van der Waals surface area contributed by atoms with E-state index in [-0.39, 0.29) is 17.0 Å². The van der Waals surface area contributed by atoms with E-state index < -0.39 is 33.5 Å². The molecule has 0 aliphatic heterocycles. The first kappa shape index (κ1) is 27.3. The number of halogens is 4. The summed E-state index contributed by atoms with van der Waals surface area (Å²) in [7, 11) is -3.45. The van der Waals surface area contributed by atoms with Crippen molar-refractivity contribution < 1.29 is 26.4 Å². The second-order valence-corrected chi connectivity index (χ2v) is 10.2. The van der Waals surface area contributed by atoms with Gasteiger partial charge in [0.05, 0.1) is 10.5 Å². The lowest BCUT2D eigenvalue weighted by Crippen LogP contribution is -2.37. The standard InChI is InChI=1S/C24H24ClF3N2O3S/c1-16(30-23(31)8-4-6-19(15-29)24(26,27)28)22(13-17-9-11-20(25)12-10-17)18-5-3-7-21(14-18)34(2,32)33/h3-12,14-16,22,29H,13H2,1-2H3,(H,30,31)/b8-4+,19-6+,29-15?. The van der Waals surface area contributed by atoms with Gasteiger partial charge in [0.15, 0.2) is 9.84 Å². The highest BCUT2D eigenvalue weighted by molar-refractivity contribution is 7.90. The van der Waals surface area contributed by atoms with Crippen molar-refractivity contribution in [2.24, 2.45) is 0 Å². The Morgan fingerprint density at radius 3 is 2.38 bits per heavy atom. The van der Waals surface area contributed by atoms with E-state index in [1.54, 1.807) is 37.3 Å². The van der Waals surface area contributed by atoms with E-state index >= 15 is 0 Å². The third kappa shape index (κ3) is 8.14. The summed E-state index contributed by atoms with van der Waals surface area (Å²) in [5.74, 6) is -0.973. The van der Waals surface area contributed by atoms with Crippen LogP contribution in [0.25, 0.3) is 0 Å². The molecule has 0 aliphatic rings.